The topological polar surface area (TPSA) is 0 Å². The van der Waals surface area contributed by atoms with E-state index in [0.717, 1.165) is 0 Å². The largest absolute Gasteiger partial charge is 0.0622 e. The molecule has 0 saturated heterocycles. The Labute approximate surface area is 238 Å². The van der Waals surface area contributed by atoms with Gasteiger partial charge in [-0.05, 0) is 94.5 Å². The average Bonchev–Trinajstić information content (AvgIpc) is 2.98. The standard InChI is InChI=1S/C40H34/c1-27-13-15-33(16-14-27)38-23-24-39(34-19-17-32(18-20-34)31-10-6-5-7-11-31)40(30(38)4)36-21-22-37(29(3)26-36)35-12-8-9-28(2)25-35/h5-26H,1-4H3. The lowest BCUT2D eigenvalue weighted by molar-refractivity contribution is 1.40. The van der Waals surface area contributed by atoms with Gasteiger partial charge in [-0.25, -0.2) is 0 Å². The van der Waals surface area contributed by atoms with Gasteiger partial charge in [-0.2, -0.15) is 0 Å². The van der Waals surface area contributed by atoms with Crippen LogP contribution < -0.4 is 0 Å². The molecule has 0 nitrogen and oxygen atoms in total. The summed E-state index contributed by atoms with van der Waals surface area (Å²) in [6.45, 7) is 8.80. The molecule has 0 saturated carbocycles. The van der Waals surface area contributed by atoms with Gasteiger partial charge in [-0.1, -0.05) is 145 Å². The van der Waals surface area contributed by atoms with Crippen molar-refractivity contribution in [3.63, 3.8) is 0 Å². The lowest BCUT2D eigenvalue weighted by Crippen LogP contribution is -1.95. The van der Waals surface area contributed by atoms with Crippen LogP contribution in [0.1, 0.15) is 22.3 Å². The van der Waals surface area contributed by atoms with E-state index in [4.69, 9.17) is 0 Å². The number of rotatable bonds is 5. The van der Waals surface area contributed by atoms with Crippen molar-refractivity contribution in [3.8, 4) is 55.6 Å². The van der Waals surface area contributed by atoms with Gasteiger partial charge in [-0.15, -0.1) is 0 Å². The van der Waals surface area contributed by atoms with E-state index in [1.165, 1.54) is 77.9 Å². The summed E-state index contributed by atoms with van der Waals surface area (Å²) in [7, 11) is 0. The molecule has 194 valence electrons. The fourth-order valence-corrected chi connectivity index (χ4v) is 5.80. The van der Waals surface area contributed by atoms with Crippen LogP contribution in [0.5, 0.6) is 0 Å². The van der Waals surface area contributed by atoms with Crippen molar-refractivity contribution in [2.75, 3.05) is 0 Å². The second-order valence-electron chi connectivity index (χ2n) is 10.9. The van der Waals surface area contributed by atoms with Gasteiger partial charge in [-0.3, -0.25) is 0 Å². The summed E-state index contributed by atoms with van der Waals surface area (Å²) in [5.41, 5.74) is 17.7. The van der Waals surface area contributed by atoms with E-state index < -0.39 is 0 Å². The monoisotopic (exact) mass is 514 g/mol. The van der Waals surface area contributed by atoms with E-state index in [1.54, 1.807) is 0 Å². The molecule has 0 fully saturated rings. The molecule has 0 aliphatic carbocycles. The Morgan fingerprint density at radius 1 is 0.325 bits per heavy atom. The van der Waals surface area contributed by atoms with Crippen LogP contribution in [0.4, 0.5) is 0 Å². The SMILES string of the molecule is Cc1ccc(-c2ccc(-c3ccc(-c4ccccc4)cc3)c(-c3ccc(-c4cccc(C)c4)c(C)c3)c2C)cc1. The molecule has 0 aromatic heterocycles. The van der Waals surface area contributed by atoms with E-state index in [2.05, 4.69) is 161 Å². The van der Waals surface area contributed by atoms with Gasteiger partial charge in [0.1, 0.15) is 0 Å². The minimum atomic E-state index is 1.23. The normalized spacial score (nSPS) is 11.0. The van der Waals surface area contributed by atoms with E-state index in [-0.39, 0.29) is 0 Å². The Morgan fingerprint density at radius 3 is 1.57 bits per heavy atom. The predicted molar refractivity (Wildman–Crippen MR) is 173 cm³/mol. The third kappa shape index (κ3) is 5.01. The number of hydrogen-bond acceptors (Lipinski definition) is 0. The first-order valence-electron chi connectivity index (χ1n) is 14.0. The molecule has 0 bridgehead atoms. The fraction of sp³-hybridized carbons (Fsp3) is 0.100. The summed E-state index contributed by atoms with van der Waals surface area (Å²) in [6.07, 6.45) is 0. The van der Waals surface area contributed by atoms with Gasteiger partial charge in [0.25, 0.3) is 0 Å². The third-order valence-electron chi connectivity index (χ3n) is 7.97. The van der Waals surface area contributed by atoms with Crippen molar-refractivity contribution in [1.29, 1.82) is 0 Å². The van der Waals surface area contributed by atoms with Crippen molar-refractivity contribution in [3.05, 3.63) is 156 Å². The van der Waals surface area contributed by atoms with Crippen molar-refractivity contribution in [2.24, 2.45) is 0 Å². The average molecular weight is 515 g/mol. The Hall–Kier alpha value is -4.68. The zero-order valence-corrected chi connectivity index (χ0v) is 23.7. The molecule has 0 spiro atoms. The molecule has 6 aromatic rings. The fourth-order valence-electron chi connectivity index (χ4n) is 5.80. The summed E-state index contributed by atoms with van der Waals surface area (Å²) >= 11 is 0. The van der Waals surface area contributed by atoms with Crippen molar-refractivity contribution in [2.45, 2.75) is 27.7 Å². The molecule has 40 heavy (non-hydrogen) atoms. The Kier molecular flexibility index (Phi) is 6.93. The van der Waals surface area contributed by atoms with Crippen molar-refractivity contribution in [1.82, 2.24) is 0 Å². The summed E-state index contributed by atoms with van der Waals surface area (Å²) in [5.74, 6) is 0. The minimum absolute atomic E-state index is 1.23. The van der Waals surface area contributed by atoms with Crippen LogP contribution in [0.15, 0.2) is 133 Å². The zero-order chi connectivity index (χ0) is 27.6. The Bertz CT molecular complexity index is 1790. The maximum atomic E-state index is 2.36. The minimum Gasteiger partial charge on any atom is -0.0622 e. The van der Waals surface area contributed by atoms with Gasteiger partial charge in [0.15, 0.2) is 0 Å². The van der Waals surface area contributed by atoms with Crippen LogP contribution in [0.25, 0.3) is 55.6 Å². The zero-order valence-electron chi connectivity index (χ0n) is 23.7. The van der Waals surface area contributed by atoms with Gasteiger partial charge in [0.2, 0.25) is 0 Å². The molecule has 0 radical (unpaired) electrons. The Balaban J connectivity index is 1.50. The van der Waals surface area contributed by atoms with E-state index in [1.807, 2.05) is 0 Å². The van der Waals surface area contributed by atoms with E-state index in [9.17, 15) is 0 Å². The van der Waals surface area contributed by atoms with Crippen molar-refractivity contribution < 1.29 is 0 Å². The van der Waals surface area contributed by atoms with Crippen LogP contribution in [-0.4, -0.2) is 0 Å². The molecule has 0 atom stereocenters. The molecule has 0 heterocycles. The Morgan fingerprint density at radius 2 is 0.875 bits per heavy atom. The highest BCUT2D eigenvalue weighted by Gasteiger charge is 2.16. The molecule has 0 amide bonds. The number of aryl methyl sites for hydroxylation is 3. The molecule has 6 rings (SSSR count). The summed E-state index contributed by atoms with van der Waals surface area (Å²) in [5, 5.41) is 0. The number of hydrogen-bond donors (Lipinski definition) is 0. The van der Waals surface area contributed by atoms with Crippen LogP contribution in [-0.2, 0) is 0 Å². The number of benzene rings is 6. The highest BCUT2D eigenvalue weighted by atomic mass is 14.2. The summed E-state index contributed by atoms with van der Waals surface area (Å²) < 4.78 is 0. The van der Waals surface area contributed by atoms with Gasteiger partial charge < -0.3 is 0 Å². The molecular weight excluding hydrogens is 480 g/mol. The summed E-state index contributed by atoms with van der Waals surface area (Å²) in [4.78, 5) is 0. The van der Waals surface area contributed by atoms with Gasteiger partial charge >= 0.3 is 0 Å². The van der Waals surface area contributed by atoms with E-state index >= 15 is 0 Å². The predicted octanol–water partition coefficient (Wildman–Crippen LogP) is 11.3. The first-order chi connectivity index (χ1) is 19.5. The van der Waals surface area contributed by atoms with Crippen LogP contribution in [0.3, 0.4) is 0 Å². The highest BCUT2D eigenvalue weighted by Crippen LogP contribution is 2.41. The maximum Gasteiger partial charge on any atom is -0.00698 e. The first kappa shape index (κ1) is 25.6. The van der Waals surface area contributed by atoms with Crippen LogP contribution in [0, 0.1) is 27.7 Å². The molecule has 6 aromatic carbocycles. The second kappa shape index (κ2) is 10.8. The summed E-state index contributed by atoms with van der Waals surface area (Å²) in [6, 6.07) is 48.8. The highest BCUT2D eigenvalue weighted by molar-refractivity contribution is 5.91. The van der Waals surface area contributed by atoms with Crippen LogP contribution in [0.2, 0.25) is 0 Å². The maximum absolute atomic E-state index is 2.36. The molecular formula is C40H34. The second-order valence-corrected chi connectivity index (χ2v) is 10.9. The van der Waals surface area contributed by atoms with E-state index in [0.29, 0.717) is 0 Å². The molecule has 0 unspecified atom stereocenters. The quantitative estimate of drug-likeness (QED) is 0.215. The molecule has 0 heteroatoms. The van der Waals surface area contributed by atoms with Crippen molar-refractivity contribution >= 4 is 0 Å². The molecule has 0 aliphatic rings. The lowest BCUT2D eigenvalue weighted by Gasteiger charge is -2.19. The smallest absolute Gasteiger partial charge is 0.00698 e. The first-order valence-corrected chi connectivity index (χ1v) is 14.0. The van der Waals surface area contributed by atoms with Gasteiger partial charge in [0.05, 0.1) is 0 Å². The third-order valence-corrected chi connectivity index (χ3v) is 7.97. The molecule has 0 aliphatic heterocycles. The molecule has 0 N–H and O–H groups in total. The van der Waals surface area contributed by atoms with Crippen LogP contribution >= 0.6 is 0 Å². The lowest BCUT2D eigenvalue weighted by atomic mass is 9.85. The van der Waals surface area contributed by atoms with Gasteiger partial charge in [0, 0.05) is 0 Å².